The second-order valence-corrected chi connectivity index (χ2v) is 7.37. The van der Waals surface area contributed by atoms with Gasteiger partial charge >= 0.3 is 0 Å². The van der Waals surface area contributed by atoms with E-state index in [4.69, 9.17) is 0 Å². The maximum atomic E-state index is 12.6. The molecule has 1 fully saturated rings. The number of hydrogen-bond donors (Lipinski definition) is 2. The highest BCUT2D eigenvalue weighted by Crippen LogP contribution is 2.17. The number of carbonyl (C=O) groups is 2. The van der Waals surface area contributed by atoms with Gasteiger partial charge in [-0.25, -0.2) is 0 Å². The number of aromatic amines is 1. The van der Waals surface area contributed by atoms with Crippen molar-refractivity contribution < 1.29 is 9.59 Å². The molecule has 2 heterocycles. The lowest BCUT2D eigenvalue weighted by molar-refractivity contribution is 0.0777. The zero-order valence-electron chi connectivity index (χ0n) is 15.8. The third-order valence-corrected chi connectivity index (χ3v) is 5.02. The smallest absolute Gasteiger partial charge is 0.274 e. The van der Waals surface area contributed by atoms with Gasteiger partial charge in [0.15, 0.2) is 0 Å². The number of aromatic nitrogens is 2. The average molecular weight is 354 g/mol. The molecule has 1 saturated heterocycles. The van der Waals surface area contributed by atoms with Gasteiger partial charge in [-0.2, -0.15) is 5.10 Å². The van der Waals surface area contributed by atoms with Crippen LogP contribution in [0.4, 0.5) is 0 Å². The summed E-state index contributed by atoms with van der Waals surface area (Å²) in [4.78, 5) is 26.8. The Morgan fingerprint density at radius 1 is 1.23 bits per heavy atom. The maximum Gasteiger partial charge on any atom is 0.274 e. The fourth-order valence-corrected chi connectivity index (χ4v) is 3.12. The second kappa shape index (κ2) is 7.32. The molecular formula is C20H26N4O2. The summed E-state index contributed by atoms with van der Waals surface area (Å²) in [6, 6.07) is 7.48. The van der Waals surface area contributed by atoms with E-state index in [9.17, 15) is 9.59 Å². The molecule has 26 heavy (non-hydrogen) atoms. The van der Waals surface area contributed by atoms with Crippen LogP contribution in [-0.2, 0) is 0 Å². The standard InChI is InChI=1S/C20H26N4O2/c1-12(2)17-10-18(23-22-17)20(26)24-8-7-16(11-24)21-19(25)15-6-5-13(3)14(4)9-15/h5-6,9-10,12,16H,7-8,11H2,1-4H3,(H,21,25)(H,22,23). The van der Waals surface area contributed by atoms with E-state index in [0.717, 1.165) is 17.7 Å². The van der Waals surface area contributed by atoms with Crippen LogP contribution in [0.2, 0.25) is 0 Å². The van der Waals surface area contributed by atoms with Crippen LogP contribution in [0.15, 0.2) is 24.3 Å². The van der Waals surface area contributed by atoms with Crippen molar-refractivity contribution in [3.05, 3.63) is 52.3 Å². The first kappa shape index (κ1) is 18.2. The van der Waals surface area contributed by atoms with Crippen molar-refractivity contribution in [3.8, 4) is 0 Å². The zero-order valence-corrected chi connectivity index (χ0v) is 15.8. The number of nitrogens with zero attached hydrogens (tertiary/aromatic N) is 2. The predicted molar refractivity (Wildman–Crippen MR) is 100 cm³/mol. The second-order valence-electron chi connectivity index (χ2n) is 7.37. The highest BCUT2D eigenvalue weighted by molar-refractivity contribution is 5.95. The van der Waals surface area contributed by atoms with Crippen LogP contribution in [0.25, 0.3) is 0 Å². The van der Waals surface area contributed by atoms with Crippen molar-refractivity contribution in [1.82, 2.24) is 20.4 Å². The van der Waals surface area contributed by atoms with E-state index < -0.39 is 0 Å². The number of aryl methyl sites for hydroxylation is 2. The largest absolute Gasteiger partial charge is 0.347 e. The van der Waals surface area contributed by atoms with Crippen molar-refractivity contribution in [3.63, 3.8) is 0 Å². The van der Waals surface area contributed by atoms with Gasteiger partial charge in [0.05, 0.1) is 0 Å². The highest BCUT2D eigenvalue weighted by atomic mass is 16.2. The number of rotatable bonds is 4. The van der Waals surface area contributed by atoms with Crippen molar-refractivity contribution in [1.29, 1.82) is 0 Å². The van der Waals surface area contributed by atoms with Gasteiger partial charge < -0.3 is 10.2 Å². The van der Waals surface area contributed by atoms with Gasteiger partial charge in [0.2, 0.25) is 0 Å². The van der Waals surface area contributed by atoms with E-state index in [2.05, 4.69) is 29.4 Å². The maximum absolute atomic E-state index is 12.6. The van der Waals surface area contributed by atoms with Gasteiger partial charge in [0.25, 0.3) is 11.8 Å². The van der Waals surface area contributed by atoms with E-state index in [0.29, 0.717) is 30.3 Å². The van der Waals surface area contributed by atoms with E-state index in [-0.39, 0.29) is 17.9 Å². The molecule has 0 radical (unpaired) electrons. The van der Waals surface area contributed by atoms with Crippen molar-refractivity contribution in [2.75, 3.05) is 13.1 Å². The summed E-state index contributed by atoms with van der Waals surface area (Å²) >= 11 is 0. The summed E-state index contributed by atoms with van der Waals surface area (Å²) in [6.45, 7) is 9.26. The molecule has 0 spiro atoms. The van der Waals surface area contributed by atoms with Gasteiger partial charge in [-0.15, -0.1) is 0 Å². The molecule has 1 aromatic heterocycles. The SMILES string of the molecule is Cc1ccc(C(=O)NC2CCN(C(=O)c3cc(C(C)C)[nH]n3)C2)cc1C. The third-order valence-electron chi connectivity index (χ3n) is 5.02. The number of benzene rings is 1. The Balaban J connectivity index is 1.60. The Morgan fingerprint density at radius 2 is 2.00 bits per heavy atom. The normalized spacial score (nSPS) is 17.0. The summed E-state index contributed by atoms with van der Waals surface area (Å²) in [5.41, 5.74) is 4.31. The number of nitrogens with one attached hydrogen (secondary N) is 2. The van der Waals surface area contributed by atoms with E-state index in [1.54, 1.807) is 4.90 Å². The molecule has 0 bridgehead atoms. The first-order valence-electron chi connectivity index (χ1n) is 9.08. The van der Waals surface area contributed by atoms with Gasteiger partial charge in [-0.1, -0.05) is 19.9 Å². The van der Waals surface area contributed by atoms with Crippen LogP contribution < -0.4 is 5.32 Å². The minimum Gasteiger partial charge on any atom is -0.347 e. The molecule has 3 rings (SSSR count). The minimum atomic E-state index is -0.0886. The zero-order chi connectivity index (χ0) is 18.8. The monoisotopic (exact) mass is 354 g/mol. The van der Waals surface area contributed by atoms with Crippen molar-refractivity contribution >= 4 is 11.8 Å². The van der Waals surface area contributed by atoms with E-state index in [1.165, 1.54) is 5.56 Å². The highest BCUT2D eigenvalue weighted by Gasteiger charge is 2.29. The number of amides is 2. The Kier molecular flexibility index (Phi) is 5.11. The van der Waals surface area contributed by atoms with Gasteiger partial charge in [0, 0.05) is 30.4 Å². The van der Waals surface area contributed by atoms with Crippen molar-refractivity contribution in [2.24, 2.45) is 0 Å². The Bertz CT molecular complexity index is 825. The topological polar surface area (TPSA) is 78.1 Å². The molecule has 2 aromatic rings. The number of hydrogen-bond acceptors (Lipinski definition) is 3. The average Bonchev–Trinajstić information content (AvgIpc) is 3.26. The molecule has 2 N–H and O–H groups in total. The molecule has 0 saturated carbocycles. The van der Waals surface area contributed by atoms with Gasteiger partial charge in [0.1, 0.15) is 5.69 Å². The first-order chi connectivity index (χ1) is 12.3. The quantitative estimate of drug-likeness (QED) is 0.886. The molecular weight excluding hydrogens is 328 g/mol. The van der Waals surface area contributed by atoms with Crippen molar-refractivity contribution in [2.45, 2.75) is 46.1 Å². The molecule has 6 nitrogen and oxygen atoms in total. The van der Waals surface area contributed by atoms with Gasteiger partial charge in [-0.3, -0.25) is 14.7 Å². The van der Waals surface area contributed by atoms with E-state index in [1.807, 2.05) is 38.1 Å². The van der Waals surface area contributed by atoms with Crippen LogP contribution in [-0.4, -0.2) is 46.0 Å². The molecule has 6 heteroatoms. The van der Waals surface area contributed by atoms with Gasteiger partial charge in [-0.05, 0) is 55.5 Å². The Labute approximate surface area is 154 Å². The minimum absolute atomic E-state index is 0.0310. The predicted octanol–water partition coefficient (Wildman–Crippen LogP) is 2.79. The summed E-state index contributed by atoms with van der Waals surface area (Å²) in [7, 11) is 0. The summed E-state index contributed by atoms with van der Waals surface area (Å²) in [5.74, 6) is 0.123. The molecule has 1 atom stereocenters. The summed E-state index contributed by atoms with van der Waals surface area (Å²) in [6.07, 6.45) is 0.754. The van der Waals surface area contributed by atoms with Crippen LogP contribution >= 0.6 is 0 Å². The molecule has 2 amide bonds. The number of carbonyl (C=O) groups excluding carboxylic acids is 2. The number of likely N-dealkylation sites (tertiary alicyclic amines) is 1. The van der Waals surface area contributed by atoms with Crippen LogP contribution in [0.1, 0.15) is 63.9 Å². The van der Waals surface area contributed by atoms with Crippen LogP contribution in [0, 0.1) is 13.8 Å². The molecule has 1 unspecified atom stereocenters. The summed E-state index contributed by atoms with van der Waals surface area (Å²) in [5, 5.41) is 10.1. The lowest BCUT2D eigenvalue weighted by atomic mass is 10.1. The van der Waals surface area contributed by atoms with Crippen LogP contribution in [0.3, 0.4) is 0 Å². The van der Waals surface area contributed by atoms with Crippen LogP contribution in [0.5, 0.6) is 0 Å². The summed E-state index contributed by atoms with van der Waals surface area (Å²) < 4.78 is 0. The van der Waals surface area contributed by atoms with E-state index >= 15 is 0 Å². The fourth-order valence-electron chi connectivity index (χ4n) is 3.12. The Morgan fingerprint density at radius 3 is 2.65 bits per heavy atom. The number of H-pyrrole nitrogens is 1. The molecule has 1 aliphatic rings. The lowest BCUT2D eigenvalue weighted by Gasteiger charge is -2.16. The lowest BCUT2D eigenvalue weighted by Crippen LogP contribution is -2.38. The third kappa shape index (κ3) is 3.79. The molecule has 1 aliphatic heterocycles. The first-order valence-corrected chi connectivity index (χ1v) is 9.08. The molecule has 1 aromatic carbocycles. The fraction of sp³-hybridized carbons (Fsp3) is 0.450. The Hall–Kier alpha value is -2.63. The molecule has 138 valence electrons. The molecule has 0 aliphatic carbocycles.